The van der Waals surface area contributed by atoms with E-state index >= 15 is 0 Å². The molecule has 1 aliphatic heterocycles. The molecule has 1 N–H and O–H groups in total. The zero-order chi connectivity index (χ0) is 22.4. The Labute approximate surface area is 191 Å². The van der Waals surface area contributed by atoms with Crippen LogP contribution in [-0.2, 0) is 9.59 Å². The highest BCUT2D eigenvalue weighted by Gasteiger charge is 2.31. The molecule has 0 saturated carbocycles. The van der Waals surface area contributed by atoms with Crippen LogP contribution in [0.1, 0.15) is 16.7 Å². The van der Waals surface area contributed by atoms with Crippen LogP contribution in [0, 0.1) is 13.8 Å². The van der Waals surface area contributed by atoms with E-state index in [4.69, 9.17) is 21.7 Å². The number of carbonyl (C=O) groups excluding carboxylic acids is 2. The molecule has 31 heavy (non-hydrogen) atoms. The van der Waals surface area contributed by atoms with E-state index in [2.05, 4.69) is 5.32 Å². The molecule has 8 heteroatoms. The van der Waals surface area contributed by atoms with Gasteiger partial charge in [0.1, 0.15) is 15.8 Å². The minimum atomic E-state index is -0.250. The van der Waals surface area contributed by atoms with Crippen molar-refractivity contribution in [1.82, 2.24) is 10.2 Å². The predicted molar refractivity (Wildman–Crippen MR) is 127 cm³/mol. The van der Waals surface area contributed by atoms with Gasteiger partial charge in [0.15, 0.2) is 6.61 Å². The van der Waals surface area contributed by atoms with Crippen molar-refractivity contribution < 1.29 is 19.1 Å². The van der Waals surface area contributed by atoms with Crippen LogP contribution in [0.25, 0.3) is 6.08 Å². The Morgan fingerprint density at radius 2 is 1.90 bits per heavy atom. The van der Waals surface area contributed by atoms with Gasteiger partial charge in [0.25, 0.3) is 11.8 Å². The second kappa shape index (κ2) is 10.5. The predicted octanol–water partition coefficient (Wildman–Crippen LogP) is 3.71. The number of carbonyl (C=O) groups is 2. The van der Waals surface area contributed by atoms with Crippen LogP contribution in [0.15, 0.2) is 47.4 Å². The van der Waals surface area contributed by atoms with E-state index in [-0.39, 0.29) is 25.0 Å². The largest absolute Gasteiger partial charge is 0.497 e. The Morgan fingerprint density at radius 3 is 2.61 bits per heavy atom. The molecule has 2 aromatic rings. The number of hydrogen-bond acceptors (Lipinski definition) is 6. The third-order valence-electron chi connectivity index (χ3n) is 4.68. The number of rotatable bonds is 8. The van der Waals surface area contributed by atoms with Crippen molar-refractivity contribution in [1.29, 1.82) is 0 Å². The van der Waals surface area contributed by atoms with Gasteiger partial charge in [-0.1, -0.05) is 54.3 Å². The first-order valence-electron chi connectivity index (χ1n) is 9.74. The van der Waals surface area contributed by atoms with Gasteiger partial charge in [-0.15, -0.1) is 0 Å². The van der Waals surface area contributed by atoms with Gasteiger partial charge >= 0.3 is 0 Å². The Bertz CT molecular complexity index is 1020. The molecule has 0 unspecified atom stereocenters. The molecule has 1 aliphatic rings. The van der Waals surface area contributed by atoms with Crippen LogP contribution in [0.2, 0.25) is 0 Å². The Kier molecular flexibility index (Phi) is 7.70. The number of ether oxygens (including phenoxy) is 2. The molecule has 0 radical (unpaired) electrons. The number of methoxy groups -OCH3 is 1. The van der Waals surface area contributed by atoms with Crippen molar-refractivity contribution in [2.24, 2.45) is 0 Å². The Morgan fingerprint density at radius 1 is 1.19 bits per heavy atom. The highest BCUT2D eigenvalue weighted by atomic mass is 32.2. The Hall–Kier alpha value is -2.84. The number of amides is 2. The summed E-state index contributed by atoms with van der Waals surface area (Å²) in [6.07, 6.45) is 1.79. The molecule has 0 aliphatic carbocycles. The van der Waals surface area contributed by atoms with Gasteiger partial charge in [0, 0.05) is 13.1 Å². The minimum absolute atomic E-state index is 0.0835. The molecule has 1 saturated heterocycles. The summed E-state index contributed by atoms with van der Waals surface area (Å²) >= 11 is 6.60. The molecule has 162 valence electrons. The summed E-state index contributed by atoms with van der Waals surface area (Å²) in [5.41, 5.74) is 2.82. The standard InChI is InChI=1S/C23H24N2O4S2/c1-15-6-4-7-16(2)21(15)29-14-20(26)24-10-11-25-22(27)19(31-23(25)30)13-17-8-5-9-18(12-17)28-3/h4-9,12-13H,10-11,14H2,1-3H3,(H,24,26)/b19-13+. The summed E-state index contributed by atoms with van der Waals surface area (Å²) in [7, 11) is 1.60. The highest BCUT2D eigenvalue weighted by Crippen LogP contribution is 2.32. The number of nitrogens with zero attached hydrogens (tertiary/aromatic N) is 1. The molecule has 0 aromatic heterocycles. The fraction of sp³-hybridized carbons (Fsp3) is 0.261. The van der Waals surface area contributed by atoms with Crippen LogP contribution in [0.3, 0.4) is 0 Å². The molecule has 0 bridgehead atoms. The summed E-state index contributed by atoms with van der Waals surface area (Å²) in [6, 6.07) is 13.3. The number of thiocarbonyl (C=S) groups is 1. The molecule has 2 amide bonds. The summed E-state index contributed by atoms with van der Waals surface area (Å²) in [5, 5.41) is 2.78. The molecule has 0 spiro atoms. The lowest BCUT2D eigenvalue weighted by Crippen LogP contribution is -2.38. The maximum atomic E-state index is 12.7. The number of thioether (sulfide) groups is 1. The van der Waals surface area contributed by atoms with Gasteiger partial charge in [-0.2, -0.15) is 0 Å². The number of aryl methyl sites for hydroxylation is 2. The number of para-hydroxylation sites is 1. The van der Waals surface area contributed by atoms with Gasteiger partial charge in [-0.3, -0.25) is 14.5 Å². The summed E-state index contributed by atoms with van der Waals surface area (Å²) in [5.74, 6) is 1.02. The van der Waals surface area contributed by atoms with Crippen LogP contribution < -0.4 is 14.8 Å². The van der Waals surface area contributed by atoms with Gasteiger partial charge < -0.3 is 14.8 Å². The van der Waals surface area contributed by atoms with E-state index in [9.17, 15) is 9.59 Å². The quantitative estimate of drug-likeness (QED) is 0.483. The molecule has 6 nitrogen and oxygen atoms in total. The monoisotopic (exact) mass is 456 g/mol. The van der Waals surface area contributed by atoms with Crippen molar-refractivity contribution in [3.63, 3.8) is 0 Å². The maximum Gasteiger partial charge on any atom is 0.266 e. The zero-order valence-electron chi connectivity index (χ0n) is 17.6. The lowest BCUT2D eigenvalue weighted by atomic mass is 10.1. The third kappa shape index (κ3) is 5.86. The lowest BCUT2D eigenvalue weighted by Gasteiger charge is -2.15. The molecule has 1 heterocycles. The number of nitrogens with one attached hydrogen (secondary N) is 1. The summed E-state index contributed by atoms with van der Waals surface area (Å²) < 4.78 is 11.3. The van der Waals surface area contributed by atoms with Crippen LogP contribution in [0.5, 0.6) is 11.5 Å². The van der Waals surface area contributed by atoms with Gasteiger partial charge in [0.2, 0.25) is 0 Å². The minimum Gasteiger partial charge on any atom is -0.497 e. The smallest absolute Gasteiger partial charge is 0.266 e. The molecular formula is C23H24N2O4S2. The third-order valence-corrected chi connectivity index (χ3v) is 6.06. The van der Waals surface area contributed by atoms with Crippen LogP contribution in [-0.4, -0.2) is 47.8 Å². The topological polar surface area (TPSA) is 67.9 Å². The average molecular weight is 457 g/mol. The molecule has 0 atom stereocenters. The molecule has 1 fully saturated rings. The van der Waals surface area contributed by atoms with E-state index in [1.165, 1.54) is 16.7 Å². The fourth-order valence-electron chi connectivity index (χ4n) is 3.10. The van der Waals surface area contributed by atoms with Crippen molar-refractivity contribution in [3.05, 3.63) is 64.1 Å². The molecular weight excluding hydrogens is 432 g/mol. The Balaban J connectivity index is 1.51. The van der Waals surface area contributed by atoms with Crippen LogP contribution in [0.4, 0.5) is 0 Å². The number of benzene rings is 2. The first-order valence-corrected chi connectivity index (χ1v) is 11.0. The zero-order valence-corrected chi connectivity index (χ0v) is 19.3. The first kappa shape index (κ1) is 22.8. The van der Waals surface area contributed by atoms with E-state index in [1.54, 1.807) is 13.2 Å². The summed E-state index contributed by atoms with van der Waals surface area (Å²) in [4.78, 5) is 26.9. The number of hydrogen-bond donors (Lipinski definition) is 1. The van der Waals surface area contributed by atoms with E-state index < -0.39 is 0 Å². The van der Waals surface area contributed by atoms with Crippen molar-refractivity contribution >= 4 is 46.2 Å². The SMILES string of the molecule is COc1cccc(/C=C2/SC(=S)N(CCNC(=O)COc3c(C)cccc3C)C2=O)c1. The van der Waals surface area contributed by atoms with Gasteiger partial charge in [-0.05, 0) is 48.7 Å². The van der Waals surface area contributed by atoms with Crippen molar-refractivity contribution in [3.8, 4) is 11.5 Å². The first-order chi connectivity index (χ1) is 14.9. The normalized spacial score (nSPS) is 14.8. The molecule has 3 rings (SSSR count). The van der Waals surface area contributed by atoms with E-state index in [0.717, 1.165) is 28.2 Å². The van der Waals surface area contributed by atoms with E-state index in [0.29, 0.717) is 15.8 Å². The van der Waals surface area contributed by atoms with Gasteiger partial charge in [0.05, 0.1) is 12.0 Å². The maximum absolute atomic E-state index is 12.7. The van der Waals surface area contributed by atoms with E-state index in [1.807, 2.05) is 56.3 Å². The average Bonchev–Trinajstić information content (AvgIpc) is 3.01. The second-order valence-electron chi connectivity index (χ2n) is 6.97. The fourth-order valence-corrected chi connectivity index (χ4v) is 4.41. The van der Waals surface area contributed by atoms with Crippen LogP contribution >= 0.6 is 24.0 Å². The van der Waals surface area contributed by atoms with Gasteiger partial charge in [-0.25, -0.2) is 0 Å². The lowest BCUT2D eigenvalue weighted by molar-refractivity contribution is -0.124. The second-order valence-corrected chi connectivity index (χ2v) is 8.65. The molecule has 2 aromatic carbocycles. The van der Waals surface area contributed by atoms with Crippen molar-refractivity contribution in [2.75, 3.05) is 26.8 Å². The van der Waals surface area contributed by atoms with Crippen molar-refractivity contribution in [2.45, 2.75) is 13.8 Å². The summed E-state index contributed by atoms with van der Waals surface area (Å²) in [6.45, 7) is 4.38. The highest BCUT2D eigenvalue weighted by molar-refractivity contribution is 8.26.